The lowest BCUT2D eigenvalue weighted by atomic mass is 9.92. The highest BCUT2D eigenvalue weighted by molar-refractivity contribution is 7.15. The second-order valence-electron chi connectivity index (χ2n) is 6.10. The first kappa shape index (κ1) is 15.1. The molecule has 1 amide bonds. The van der Waals surface area contributed by atoms with Crippen molar-refractivity contribution in [3.8, 4) is 0 Å². The van der Waals surface area contributed by atoms with Crippen LogP contribution in [-0.4, -0.2) is 39.8 Å². The highest BCUT2D eigenvalue weighted by Gasteiger charge is 2.39. The molecule has 0 bridgehead atoms. The Morgan fingerprint density at radius 1 is 1.60 bits per heavy atom. The van der Waals surface area contributed by atoms with E-state index in [1.54, 1.807) is 11.1 Å². The summed E-state index contributed by atoms with van der Waals surface area (Å²) in [5.41, 5.74) is 3.99. The zero-order valence-electron chi connectivity index (χ0n) is 12.0. The summed E-state index contributed by atoms with van der Waals surface area (Å²) in [7, 11) is 0. The molecule has 1 aromatic heterocycles. The molecule has 0 saturated carbocycles. The van der Waals surface area contributed by atoms with Crippen LogP contribution in [0.15, 0.2) is 6.20 Å². The van der Waals surface area contributed by atoms with E-state index >= 15 is 0 Å². The molecule has 2 heterocycles. The number of thiazole rings is 1. The molecule has 0 radical (unpaired) electrons. The highest BCUT2D eigenvalue weighted by atomic mass is 32.1. The molecule has 112 valence electrons. The van der Waals surface area contributed by atoms with Gasteiger partial charge in [0, 0.05) is 12.7 Å². The Hall–Kier alpha value is -1.34. The van der Waals surface area contributed by atoms with Crippen LogP contribution in [0, 0.1) is 0 Å². The number of hydrogen-bond donors (Lipinski definition) is 2. The molecule has 1 aliphatic heterocycles. The second kappa shape index (κ2) is 5.21. The zero-order valence-corrected chi connectivity index (χ0v) is 12.9. The van der Waals surface area contributed by atoms with Gasteiger partial charge >= 0.3 is 6.09 Å². The minimum atomic E-state index is -1.08. The van der Waals surface area contributed by atoms with Gasteiger partial charge in [0.1, 0.15) is 11.2 Å². The number of likely N-dealkylation sites (tertiary alicyclic amines) is 1. The normalized spacial score (nSPS) is 23.7. The Labute approximate surface area is 122 Å². The molecule has 0 aliphatic carbocycles. The minimum Gasteiger partial charge on any atom is -0.444 e. The first-order valence-electron chi connectivity index (χ1n) is 6.62. The number of anilines is 1. The van der Waals surface area contributed by atoms with E-state index in [4.69, 9.17) is 10.5 Å². The number of hydrogen-bond acceptors (Lipinski definition) is 6. The van der Waals surface area contributed by atoms with Crippen LogP contribution in [0.1, 0.15) is 38.5 Å². The maximum absolute atomic E-state index is 12.1. The fraction of sp³-hybridized carbons (Fsp3) is 0.692. The van der Waals surface area contributed by atoms with Crippen molar-refractivity contribution in [1.82, 2.24) is 9.88 Å². The molecule has 7 heteroatoms. The van der Waals surface area contributed by atoms with Gasteiger partial charge in [0.2, 0.25) is 0 Å². The van der Waals surface area contributed by atoms with Crippen molar-refractivity contribution in [3.63, 3.8) is 0 Å². The first-order chi connectivity index (χ1) is 9.20. The molecule has 1 atom stereocenters. The lowest BCUT2D eigenvalue weighted by Gasteiger charge is -2.38. The summed E-state index contributed by atoms with van der Waals surface area (Å²) in [6, 6.07) is 0. The smallest absolute Gasteiger partial charge is 0.410 e. The second-order valence-corrected chi connectivity index (χ2v) is 7.16. The Morgan fingerprint density at radius 3 is 2.85 bits per heavy atom. The number of nitrogens with zero attached hydrogens (tertiary/aromatic N) is 2. The summed E-state index contributed by atoms with van der Waals surface area (Å²) in [5.74, 6) is 0. The number of β-amino-alcohol motifs (C(OH)–C–C–N with tert-alkyl or cyclic N) is 1. The number of carbonyl (C=O) groups excluding carboxylic acids is 1. The van der Waals surface area contributed by atoms with Gasteiger partial charge in [-0.3, -0.25) is 0 Å². The van der Waals surface area contributed by atoms with Gasteiger partial charge in [-0.15, -0.1) is 0 Å². The molecule has 2 rings (SSSR count). The van der Waals surface area contributed by atoms with Crippen LogP contribution >= 0.6 is 11.3 Å². The van der Waals surface area contributed by atoms with E-state index in [0.717, 1.165) is 0 Å². The van der Waals surface area contributed by atoms with E-state index in [0.29, 0.717) is 29.4 Å². The number of amides is 1. The van der Waals surface area contributed by atoms with Crippen LogP contribution in [0.25, 0.3) is 0 Å². The Bertz CT molecular complexity index is 497. The third-order valence-corrected chi connectivity index (χ3v) is 4.12. The van der Waals surface area contributed by atoms with Gasteiger partial charge in [0.25, 0.3) is 0 Å². The molecule has 20 heavy (non-hydrogen) atoms. The molecule has 0 spiro atoms. The van der Waals surface area contributed by atoms with Crippen molar-refractivity contribution in [3.05, 3.63) is 11.1 Å². The van der Waals surface area contributed by atoms with E-state index in [9.17, 15) is 9.90 Å². The fourth-order valence-electron chi connectivity index (χ4n) is 2.22. The molecule has 1 saturated heterocycles. The number of aromatic nitrogens is 1. The number of rotatable bonds is 1. The molecule has 3 N–H and O–H groups in total. The van der Waals surface area contributed by atoms with Gasteiger partial charge in [-0.05, 0) is 33.6 Å². The average Bonchev–Trinajstić information content (AvgIpc) is 2.74. The molecule has 1 aliphatic rings. The summed E-state index contributed by atoms with van der Waals surface area (Å²) in [6.45, 7) is 6.27. The summed E-state index contributed by atoms with van der Waals surface area (Å²) in [5, 5.41) is 11.2. The van der Waals surface area contributed by atoms with E-state index in [-0.39, 0.29) is 6.54 Å². The fourth-order valence-corrected chi connectivity index (χ4v) is 3.02. The van der Waals surface area contributed by atoms with Gasteiger partial charge in [-0.1, -0.05) is 11.3 Å². The van der Waals surface area contributed by atoms with Gasteiger partial charge in [0.05, 0.1) is 11.4 Å². The van der Waals surface area contributed by atoms with Crippen molar-refractivity contribution >= 4 is 22.6 Å². The Morgan fingerprint density at radius 2 is 2.30 bits per heavy atom. The van der Waals surface area contributed by atoms with Crippen molar-refractivity contribution in [2.75, 3.05) is 18.8 Å². The van der Waals surface area contributed by atoms with E-state index in [1.807, 2.05) is 20.8 Å². The number of nitrogens with two attached hydrogens (primary N) is 1. The van der Waals surface area contributed by atoms with E-state index in [1.165, 1.54) is 11.3 Å². The maximum Gasteiger partial charge on any atom is 0.410 e. The quantitative estimate of drug-likeness (QED) is 0.827. The van der Waals surface area contributed by atoms with Gasteiger partial charge in [-0.25, -0.2) is 9.78 Å². The van der Waals surface area contributed by atoms with Gasteiger partial charge in [0.15, 0.2) is 5.13 Å². The first-order valence-corrected chi connectivity index (χ1v) is 7.43. The van der Waals surface area contributed by atoms with E-state index in [2.05, 4.69) is 4.98 Å². The summed E-state index contributed by atoms with van der Waals surface area (Å²) < 4.78 is 5.35. The Kier molecular flexibility index (Phi) is 3.93. The van der Waals surface area contributed by atoms with Gasteiger partial charge < -0.3 is 20.5 Å². The van der Waals surface area contributed by atoms with Crippen molar-refractivity contribution in [1.29, 1.82) is 0 Å². The predicted octanol–water partition coefficient (Wildman–Crippen LogP) is 1.94. The molecule has 1 fully saturated rings. The minimum absolute atomic E-state index is 0.212. The summed E-state index contributed by atoms with van der Waals surface area (Å²) >= 11 is 1.26. The molecular weight excluding hydrogens is 278 g/mol. The molecular formula is C13H21N3O3S. The van der Waals surface area contributed by atoms with Crippen LogP contribution in [0.5, 0.6) is 0 Å². The molecule has 1 aromatic rings. The predicted molar refractivity (Wildman–Crippen MR) is 77.5 cm³/mol. The third kappa shape index (κ3) is 3.40. The SMILES string of the molecule is CC(C)(C)OC(=O)N1CCCC(O)(c2cnc(N)s2)C1. The highest BCUT2D eigenvalue weighted by Crippen LogP contribution is 2.35. The molecule has 6 nitrogen and oxygen atoms in total. The van der Waals surface area contributed by atoms with Crippen LogP contribution in [0.4, 0.5) is 9.93 Å². The van der Waals surface area contributed by atoms with E-state index < -0.39 is 17.3 Å². The topological polar surface area (TPSA) is 88.7 Å². The van der Waals surface area contributed by atoms with Crippen molar-refractivity contribution < 1.29 is 14.6 Å². The average molecular weight is 299 g/mol. The standard InChI is InChI=1S/C13H21N3O3S/c1-12(2,3)19-11(17)16-6-4-5-13(18,8-16)9-7-15-10(14)20-9/h7,18H,4-6,8H2,1-3H3,(H2,14,15). The number of piperidine rings is 1. The lowest BCUT2D eigenvalue weighted by molar-refractivity contribution is -0.0446. The monoisotopic (exact) mass is 299 g/mol. The third-order valence-electron chi connectivity index (χ3n) is 3.10. The van der Waals surface area contributed by atoms with Crippen LogP contribution in [0.2, 0.25) is 0 Å². The lowest BCUT2D eigenvalue weighted by Crippen LogP contribution is -2.49. The zero-order chi connectivity index (χ0) is 15.0. The van der Waals surface area contributed by atoms with Crippen molar-refractivity contribution in [2.24, 2.45) is 0 Å². The van der Waals surface area contributed by atoms with Crippen molar-refractivity contribution in [2.45, 2.75) is 44.8 Å². The number of aliphatic hydroxyl groups is 1. The van der Waals surface area contributed by atoms with Gasteiger partial charge in [-0.2, -0.15) is 0 Å². The number of nitrogen functional groups attached to an aromatic ring is 1. The van der Waals surface area contributed by atoms with Crippen LogP contribution < -0.4 is 5.73 Å². The molecule has 0 aromatic carbocycles. The number of ether oxygens (including phenoxy) is 1. The van der Waals surface area contributed by atoms with Crippen LogP contribution in [-0.2, 0) is 10.3 Å². The molecule has 1 unspecified atom stereocenters. The summed E-state index contributed by atoms with van der Waals surface area (Å²) in [4.78, 5) is 18.3. The number of carbonyl (C=O) groups is 1. The van der Waals surface area contributed by atoms with Crippen LogP contribution in [0.3, 0.4) is 0 Å². The Balaban J connectivity index is 2.10. The summed E-state index contributed by atoms with van der Waals surface area (Å²) in [6.07, 6.45) is 2.49. The maximum atomic E-state index is 12.1. The largest absolute Gasteiger partial charge is 0.444 e.